The van der Waals surface area contributed by atoms with Gasteiger partial charge in [-0.2, -0.15) is 0 Å². The van der Waals surface area contributed by atoms with Crippen molar-refractivity contribution in [3.8, 4) is 0 Å². The average Bonchev–Trinajstić information content (AvgIpc) is 3.06. The van der Waals surface area contributed by atoms with Gasteiger partial charge in [-0.3, -0.25) is 9.59 Å². The van der Waals surface area contributed by atoms with Crippen molar-refractivity contribution < 1.29 is 14.1 Å². The van der Waals surface area contributed by atoms with Crippen LogP contribution in [-0.2, 0) is 11.3 Å². The molecule has 4 heterocycles. The molecular weight excluding hydrogens is 384 g/mol. The second-order valence-corrected chi connectivity index (χ2v) is 8.24. The Kier molecular flexibility index (Phi) is 5.46. The van der Waals surface area contributed by atoms with Crippen LogP contribution in [-0.4, -0.2) is 71.5 Å². The molecule has 4 rings (SSSR count). The number of carbonyl (C=O) groups is 2. The number of nitrogens with zero attached hydrogens (tertiary/aromatic N) is 5. The van der Waals surface area contributed by atoms with Crippen molar-refractivity contribution in [3.63, 3.8) is 0 Å². The molecule has 1 saturated heterocycles. The summed E-state index contributed by atoms with van der Waals surface area (Å²) in [6.07, 6.45) is 3.66. The maximum atomic E-state index is 13.2. The molecule has 2 aromatic rings. The number of piperidine rings is 1. The molecule has 2 aliphatic rings. The number of likely N-dealkylation sites (tertiary alicyclic amines) is 1. The third kappa shape index (κ3) is 3.77. The van der Waals surface area contributed by atoms with Gasteiger partial charge >= 0.3 is 0 Å². The second kappa shape index (κ2) is 8.06. The van der Waals surface area contributed by atoms with Gasteiger partial charge in [0.2, 0.25) is 5.91 Å². The number of amides is 2. The Balaban J connectivity index is 1.62. The van der Waals surface area contributed by atoms with Gasteiger partial charge in [0.05, 0.1) is 30.0 Å². The van der Waals surface area contributed by atoms with Gasteiger partial charge in [0.25, 0.3) is 5.91 Å². The Morgan fingerprint density at radius 3 is 2.87 bits per heavy atom. The normalized spacial score (nSPS) is 19.1. The van der Waals surface area contributed by atoms with Gasteiger partial charge < -0.3 is 24.5 Å². The molecule has 30 heavy (non-hydrogen) atoms. The summed E-state index contributed by atoms with van der Waals surface area (Å²) < 4.78 is 5.25. The number of likely N-dealkylation sites (N-methyl/N-ethyl adjacent to an activating group) is 1. The molecule has 0 aliphatic carbocycles. The second-order valence-electron chi connectivity index (χ2n) is 8.24. The van der Waals surface area contributed by atoms with Crippen LogP contribution in [0.2, 0.25) is 0 Å². The highest BCUT2D eigenvalue weighted by molar-refractivity contribution is 6.04. The Hall–Kier alpha value is -2.94. The zero-order valence-electron chi connectivity index (χ0n) is 17.9. The lowest BCUT2D eigenvalue weighted by Gasteiger charge is -2.36. The van der Waals surface area contributed by atoms with Crippen molar-refractivity contribution in [2.24, 2.45) is 0 Å². The first-order valence-electron chi connectivity index (χ1n) is 10.3. The molecular formula is C21H28N6O3. The lowest BCUT2D eigenvalue weighted by Crippen LogP contribution is -2.47. The number of aryl methyl sites for hydroxylation is 2. The molecule has 0 radical (unpaired) electrons. The Morgan fingerprint density at radius 1 is 1.37 bits per heavy atom. The molecule has 9 heteroatoms. The van der Waals surface area contributed by atoms with E-state index in [4.69, 9.17) is 4.52 Å². The van der Waals surface area contributed by atoms with Crippen LogP contribution in [0, 0.1) is 13.8 Å². The summed E-state index contributed by atoms with van der Waals surface area (Å²) in [5.41, 5.74) is 2.73. The number of hydrogen-bond acceptors (Lipinski definition) is 7. The van der Waals surface area contributed by atoms with E-state index in [0.29, 0.717) is 42.0 Å². The van der Waals surface area contributed by atoms with Crippen LogP contribution in [0.25, 0.3) is 0 Å². The molecule has 1 unspecified atom stereocenters. The third-order valence-corrected chi connectivity index (χ3v) is 6.02. The summed E-state index contributed by atoms with van der Waals surface area (Å²) >= 11 is 0. The van der Waals surface area contributed by atoms with Crippen LogP contribution in [0.5, 0.6) is 0 Å². The number of fused-ring (bicyclic) bond motifs is 1. The summed E-state index contributed by atoms with van der Waals surface area (Å²) in [6, 6.07) is 2.12. The van der Waals surface area contributed by atoms with E-state index in [-0.39, 0.29) is 18.4 Å². The molecule has 2 aliphatic heterocycles. The summed E-state index contributed by atoms with van der Waals surface area (Å²) in [4.78, 5) is 36.0. The molecule has 0 aromatic carbocycles. The smallest absolute Gasteiger partial charge is 0.255 e. The summed E-state index contributed by atoms with van der Waals surface area (Å²) in [7, 11) is 4.09. The summed E-state index contributed by atoms with van der Waals surface area (Å²) in [5.74, 6) is 1.15. The number of carbonyl (C=O) groups excluding carboxylic acids is 2. The van der Waals surface area contributed by atoms with Crippen LogP contribution in [0.15, 0.2) is 16.8 Å². The van der Waals surface area contributed by atoms with E-state index in [1.165, 1.54) is 0 Å². The lowest BCUT2D eigenvalue weighted by molar-refractivity contribution is -0.117. The fraction of sp³-hybridized carbons (Fsp3) is 0.524. The number of hydrogen-bond donors (Lipinski definition) is 1. The molecule has 1 fully saturated rings. The lowest BCUT2D eigenvalue weighted by atomic mass is 10.0. The number of aromatic nitrogens is 2. The zero-order chi connectivity index (χ0) is 21.4. The van der Waals surface area contributed by atoms with E-state index in [0.717, 1.165) is 30.6 Å². The summed E-state index contributed by atoms with van der Waals surface area (Å²) in [5, 5.41) is 7.03. The molecule has 2 amide bonds. The Labute approximate surface area is 176 Å². The van der Waals surface area contributed by atoms with Crippen molar-refractivity contribution in [1.29, 1.82) is 0 Å². The SMILES string of the molecule is Cc1noc(C)c1CN1C(=O)CNc2ncc(C(=O)N3CCCC(N(C)C)C3)cc21. The highest BCUT2D eigenvalue weighted by Gasteiger charge is 2.30. The molecule has 1 N–H and O–H groups in total. The summed E-state index contributed by atoms with van der Waals surface area (Å²) in [6.45, 7) is 5.62. The largest absolute Gasteiger partial charge is 0.361 e. The number of rotatable bonds is 4. The van der Waals surface area contributed by atoms with Crippen molar-refractivity contribution in [1.82, 2.24) is 19.9 Å². The molecule has 1 atom stereocenters. The molecule has 160 valence electrons. The van der Waals surface area contributed by atoms with Crippen LogP contribution < -0.4 is 10.2 Å². The third-order valence-electron chi connectivity index (χ3n) is 6.02. The number of pyridine rings is 1. The first kappa shape index (κ1) is 20.3. The van der Waals surface area contributed by atoms with Crippen molar-refractivity contribution in [2.75, 3.05) is 43.9 Å². The molecule has 0 spiro atoms. The van der Waals surface area contributed by atoms with Gasteiger partial charge in [0, 0.05) is 30.9 Å². The van der Waals surface area contributed by atoms with Gasteiger partial charge in [0.1, 0.15) is 5.76 Å². The highest BCUT2D eigenvalue weighted by Crippen LogP contribution is 2.31. The van der Waals surface area contributed by atoms with Crippen LogP contribution in [0.1, 0.15) is 40.2 Å². The quantitative estimate of drug-likeness (QED) is 0.818. The Morgan fingerprint density at radius 2 is 2.17 bits per heavy atom. The fourth-order valence-electron chi connectivity index (χ4n) is 4.10. The van der Waals surface area contributed by atoms with E-state index >= 15 is 0 Å². The predicted molar refractivity (Wildman–Crippen MR) is 113 cm³/mol. The van der Waals surface area contributed by atoms with Crippen LogP contribution in [0.3, 0.4) is 0 Å². The zero-order valence-corrected chi connectivity index (χ0v) is 17.9. The fourth-order valence-corrected chi connectivity index (χ4v) is 4.10. The topological polar surface area (TPSA) is 94.8 Å². The van der Waals surface area contributed by atoms with Crippen LogP contribution >= 0.6 is 0 Å². The minimum atomic E-state index is -0.0838. The van der Waals surface area contributed by atoms with E-state index in [1.54, 1.807) is 17.2 Å². The molecule has 0 saturated carbocycles. The number of nitrogens with one attached hydrogen (secondary N) is 1. The van der Waals surface area contributed by atoms with Crippen molar-refractivity contribution in [2.45, 2.75) is 39.3 Å². The monoisotopic (exact) mass is 412 g/mol. The average molecular weight is 412 g/mol. The van der Waals surface area contributed by atoms with Crippen molar-refractivity contribution >= 4 is 23.3 Å². The van der Waals surface area contributed by atoms with E-state index in [1.807, 2.05) is 32.8 Å². The van der Waals surface area contributed by atoms with Gasteiger partial charge in [-0.15, -0.1) is 0 Å². The molecule has 0 bridgehead atoms. The highest BCUT2D eigenvalue weighted by atomic mass is 16.5. The Bertz CT molecular complexity index is 950. The minimum Gasteiger partial charge on any atom is -0.361 e. The first-order chi connectivity index (χ1) is 14.3. The van der Waals surface area contributed by atoms with Gasteiger partial charge in [0.15, 0.2) is 5.82 Å². The van der Waals surface area contributed by atoms with Crippen LogP contribution in [0.4, 0.5) is 11.5 Å². The van der Waals surface area contributed by atoms with Gasteiger partial charge in [-0.1, -0.05) is 5.16 Å². The maximum Gasteiger partial charge on any atom is 0.255 e. The standard InChI is InChI=1S/C21H28N6O3/c1-13-17(14(2)30-24-13)12-27-18-8-15(9-22-20(18)23-10-19(27)28)21(29)26-7-5-6-16(11-26)25(3)4/h8-9,16H,5-7,10-12H2,1-4H3,(H,22,23). The van der Waals surface area contributed by atoms with Crippen molar-refractivity contribution in [3.05, 3.63) is 34.8 Å². The molecule has 9 nitrogen and oxygen atoms in total. The van der Waals surface area contributed by atoms with Gasteiger partial charge in [-0.05, 0) is 46.9 Å². The number of anilines is 2. The van der Waals surface area contributed by atoms with E-state index < -0.39 is 0 Å². The van der Waals surface area contributed by atoms with E-state index in [2.05, 4.69) is 20.4 Å². The minimum absolute atomic E-state index is 0.0489. The predicted octanol–water partition coefficient (Wildman–Crippen LogP) is 1.81. The maximum absolute atomic E-state index is 13.2. The first-order valence-corrected chi connectivity index (χ1v) is 10.3. The molecule has 2 aromatic heterocycles. The van der Waals surface area contributed by atoms with Gasteiger partial charge in [-0.25, -0.2) is 4.98 Å². The van der Waals surface area contributed by atoms with E-state index in [9.17, 15) is 9.59 Å².